The number of rotatable bonds is 6. The zero-order valence-corrected chi connectivity index (χ0v) is 11.9. The van der Waals surface area contributed by atoms with Crippen LogP contribution in [0.5, 0.6) is 5.75 Å². The molecule has 0 spiro atoms. The Kier molecular flexibility index (Phi) is 5.83. The molecule has 19 heavy (non-hydrogen) atoms. The normalized spacial score (nSPS) is 12.5. The highest BCUT2D eigenvalue weighted by molar-refractivity contribution is 5.92. The number of amides is 1. The van der Waals surface area contributed by atoms with Gasteiger partial charge >= 0.3 is 0 Å². The summed E-state index contributed by atoms with van der Waals surface area (Å²) in [5.41, 5.74) is 7.14. The second kappa shape index (κ2) is 7.14. The van der Waals surface area contributed by atoms with E-state index in [1.54, 1.807) is 18.2 Å². The van der Waals surface area contributed by atoms with Crippen molar-refractivity contribution >= 4 is 11.6 Å². The number of carbonyl (C=O) groups excluding carboxylic acids is 1. The van der Waals surface area contributed by atoms with Crippen molar-refractivity contribution in [2.24, 2.45) is 17.6 Å². The van der Waals surface area contributed by atoms with E-state index in [4.69, 9.17) is 5.73 Å². The summed E-state index contributed by atoms with van der Waals surface area (Å²) in [7, 11) is 0. The standard InChI is InChI=1S/C15H24N2O2/c1-10(2)6-12(9-16)8-15(19)17-13-7-11(3)4-5-14(13)18/h4-5,7,10,12,18H,6,8-9,16H2,1-3H3,(H,17,19)/t12-/m0/s1. The van der Waals surface area contributed by atoms with Crippen molar-refractivity contribution in [1.29, 1.82) is 0 Å². The van der Waals surface area contributed by atoms with Gasteiger partial charge in [0.2, 0.25) is 5.91 Å². The Hall–Kier alpha value is -1.55. The zero-order valence-electron chi connectivity index (χ0n) is 11.9. The number of aryl methyl sites for hydroxylation is 1. The molecule has 0 fully saturated rings. The molecule has 1 atom stereocenters. The molecule has 106 valence electrons. The average Bonchev–Trinajstić information content (AvgIpc) is 2.32. The maximum atomic E-state index is 11.9. The minimum Gasteiger partial charge on any atom is -0.506 e. The van der Waals surface area contributed by atoms with Crippen molar-refractivity contribution in [3.05, 3.63) is 23.8 Å². The molecule has 0 aliphatic carbocycles. The Balaban J connectivity index is 2.61. The lowest BCUT2D eigenvalue weighted by Gasteiger charge is -2.17. The lowest BCUT2D eigenvalue weighted by atomic mass is 9.94. The molecule has 0 aromatic heterocycles. The molecule has 0 heterocycles. The van der Waals surface area contributed by atoms with E-state index < -0.39 is 0 Å². The summed E-state index contributed by atoms with van der Waals surface area (Å²) >= 11 is 0. The van der Waals surface area contributed by atoms with E-state index >= 15 is 0 Å². The summed E-state index contributed by atoms with van der Waals surface area (Å²) in [5, 5.41) is 12.4. The first-order valence-electron chi connectivity index (χ1n) is 6.72. The number of aromatic hydroxyl groups is 1. The molecular weight excluding hydrogens is 240 g/mol. The van der Waals surface area contributed by atoms with Crippen LogP contribution < -0.4 is 11.1 Å². The number of hydrogen-bond donors (Lipinski definition) is 3. The Labute approximate surface area is 115 Å². The third-order valence-corrected chi connectivity index (χ3v) is 3.04. The van der Waals surface area contributed by atoms with Crippen LogP contribution in [0.2, 0.25) is 0 Å². The number of hydrogen-bond acceptors (Lipinski definition) is 3. The molecule has 4 N–H and O–H groups in total. The van der Waals surface area contributed by atoms with Crippen molar-refractivity contribution in [2.45, 2.75) is 33.6 Å². The van der Waals surface area contributed by atoms with E-state index in [-0.39, 0.29) is 17.6 Å². The summed E-state index contributed by atoms with van der Waals surface area (Å²) in [6.45, 7) is 6.65. The van der Waals surface area contributed by atoms with E-state index in [0.717, 1.165) is 12.0 Å². The van der Waals surface area contributed by atoms with Crippen molar-refractivity contribution in [1.82, 2.24) is 0 Å². The highest BCUT2D eigenvalue weighted by atomic mass is 16.3. The van der Waals surface area contributed by atoms with Gasteiger partial charge in [0, 0.05) is 6.42 Å². The number of nitrogens with two attached hydrogens (primary N) is 1. The largest absolute Gasteiger partial charge is 0.506 e. The first-order chi connectivity index (χ1) is 8.92. The van der Waals surface area contributed by atoms with Gasteiger partial charge in [-0.05, 0) is 49.4 Å². The van der Waals surface area contributed by atoms with Crippen molar-refractivity contribution in [3.8, 4) is 5.75 Å². The molecule has 1 aromatic rings. The highest BCUT2D eigenvalue weighted by Crippen LogP contribution is 2.24. The maximum absolute atomic E-state index is 11.9. The number of nitrogens with one attached hydrogen (secondary N) is 1. The summed E-state index contributed by atoms with van der Waals surface area (Å²) < 4.78 is 0. The second-order valence-electron chi connectivity index (χ2n) is 5.50. The van der Waals surface area contributed by atoms with Gasteiger partial charge in [0.25, 0.3) is 0 Å². The smallest absolute Gasteiger partial charge is 0.224 e. The summed E-state index contributed by atoms with van der Waals surface area (Å²) in [5.74, 6) is 0.699. The molecule has 0 aliphatic rings. The Bertz CT molecular complexity index is 430. The predicted octanol–water partition coefficient (Wildman–Crippen LogP) is 2.65. The molecule has 1 amide bonds. The van der Waals surface area contributed by atoms with Crippen LogP contribution in [0.15, 0.2) is 18.2 Å². The maximum Gasteiger partial charge on any atom is 0.224 e. The molecule has 0 saturated carbocycles. The van der Waals surface area contributed by atoms with Gasteiger partial charge in [-0.1, -0.05) is 19.9 Å². The van der Waals surface area contributed by atoms with Crippen molar-refractivity contribution < 1.29 is 9.90 Å². The quantitative estimate of drug-likeness (QED) is 0.691. The van der Waals surface area contributed by atoms with Crippen molar-refractivity contribution in [2.75, 3.05) is 11.9 Å². The molecule has 0 unspecified atom stereocenters. The van der Waals surface area contributed by atoms with Crippen LogP contribution in [0, 0.1) is 18.8 Å². The monoisotopic (exact) mass is 264 g/mol. The predicted molar refractivity (Wildman–Crippen MR) is 78.1 cm³/mol. The number of phenolic OH excluding ortho intramolecular Hbond substituents is 1. The van der Waals surface area contributed by atoms with E-state index in [9.17, 15) is 9.90 Å². The molecule has 1 aromatic carbocycles. The van der Waals surface area contributed by atoms with E-state index in [1.165, 1.54) is 0 Å². The first-order valence-corrected chi connectivity index (χ1v) is 6.72. The number of carbonyl (C=O) groups is 1. The fraction of sp³-hybridized carbons (Fsp3) is 0.533. The number of anilines is 1. The summed E-state index contributed by atoms with van der Waals surface area (Å²) in [4.78, 5) is 11.9. The molecule has 4 heteroatoms. The van der Waals surface area contributed by atoms with Crippen LogP contribution in [0.4, 0.5) is 5.69 Å². The number of benzene rings is 1. The Morgan fingerprint density at radius 1 is 1.42 bits per heavy atom. The van der Waals surface area contributed by atoms with Gasteiger partial charge in [0.15, 0.2) is 0 Å². The van der Waals surface area contributed by atoms with Gasteiger partial charge in [0.1, 0.15) is 5.75 Å². The van der Waals surface area contributed by atoms with Crippen LogP contribution in [-0.2, 0) is 4.79 Å². The van der Waals surface area contributed by atoms with Gasteiger partial charge in [-0.25, -0.2) is 0 Å². The topological polar surface area (TPSA) is 75.3 Å². The van der Waals surface area contributed by atoms with Gasteiger partial charge in [-0.15, -0.1) is 0 Å². The van der Waals surface area contributed by atoms with E-state index in [2.05, 4.69) is 19.2 Å². The van der Waals surface area contributed by atoms with E-state index in [1.807, 2.05) is 6.92 Å². The second-order valence-corrected chi connectivity index (χ2v) is 5.50. The fourth-order valence-corrected chi connectivity index (χ4v) is 2.14. The molecule has 4 nitrogen and oxygen atoms in total. The van der Waals surface area contributed by atoms with Crippen LogP contribution in [0.3, 0.4) is 0 Å². The van der Waals surface area contributed by atoms with Crippen molar-refractivity contribution in [3.63, 3.8) is 0 Å². The minimum atomic E-state index is -0.1000. The molecule has 0 bridgehead atoms. The Morgan fingerprint density at radius 3 is 2.68 bits per heavy atom. The third-order valence-electron chi connectivity index (χ3n) is 3.04. The van der Waals surface area contributed by atoms with Gasteiger partial charge in [-0.3, -0.25) is 4.79 Å². The van der Waals surface area contributed by atoms with E-state index in [0.29, 0.717) is 24.6 Å². The summed E-state index contributed by atoms with van der Waals surface area (Å²) in [6, 6.07) is 5.14. The first kappa shape index (κ1) is 15.5. The molecule has 0 saturated heterocycles. The lowest BCUT2D eigenvalue weighted by Crippen LogP contribution is -2.23. The lowest BCUT2D eigenvalue weighted by molar-refractivity contribution is -0.117. The van der Waals surface area contributed by atoms with Gasteiger partial charge in [0.05, 0.1) is 5.69 Å². The molecule has 1 rings (SSSR count). The van der Waals surface area contributed by atoms with Crippen LogP contribution in [-0.4, -0.2) is 17.6 Å². The Morgan fingerprint density at radius 2 is 2.11 bits per heavy atom. The van der Waals surface area contributed by atoms with Crippen LogP contribution in [0.25, 0.3) is 0 Å². The minimum absolute atomic E-state index is 0.0899. The molecule has 0 aliphatic heterocycles. The van der Waals surface area contributed by atoms with Gasteiger partial charge in [-0.2, -0.15) is 0 Å². The zero-order chi connectivity index (χ0) is 14.4. The molecule has 0 radical (unpaired) electrons. The summed E-state index contributed by atoms with van der Waals surface area (Å²) in [6.07, 6.45) is 1.33. The molecular formula is C15H24N2O2. The van der Waals surface area contributed by atoms with Gasteiger partial charge < -0.3 is 16.2 Å². The highest BCUT2D eigenvalue weighted by Gasteiger charge is 2.15. The van der Waals surface area contributed by atoms with Crippen LogP contribution >= 0.6 is 0 Å². The van der Waals surface area contributed by atoms with Crippen LogP contribution in [0.1, 0.15) is 32.3 Å². The number of phenols is 1. The average molecular weight is 264 g/mol. The third kappa shape index (κ3) is 5.30. The fourth-order valence-electron chi connectivity index (χ4n) is 2.14. The SMILES string of the molecule is Cc1ccc(O)c(NC(=O)C[C@@H](CN)CC(C)C)c1.